The molecule has 0 saturated carbocycles. The van der Waals surface area contributed by atoms with Gasteiger partial charge in [-0.1, -0.05) is 11.6 Å². The molecule has 148 valence electrons. The number of likely N-dealkylation sites (tertiary alicyclic amines) is 1. The largest absolute Gasteiger partial charge is 0.495 e. The Morgan fingerprint density at radius 1 is 1.04 bits per heavy atom. The van der Waals surface area contributed by atoms with Crippen molar-refractivity contribution in [1.29, 1.82) is 0 Å². The summed E-state index contributed by atoms with van der Waals surface area (Å²) in [6.07, 6.45) is 2.23. The monoisotopic (exact) mass is 394 g/mol. The van der Waals surface area contributed by atoms with Crippen molar-refractivity contribution in [3.05, 3.63) is 23.2 Å². The van der Waals surface area contributed by atoms with Crippen LogP contribution in [0.1, 0.15) is 12.8 Å². The van der Waals surface area contributed by atoms with Crippen molar-refractivity contribution in [2.45, 2.75) is 12.8 Å². The van der Waals surface area contributed by atoms with Gasteiger partial charge in [-0.25, -0.2) is 0 Å². The fourth-order valence-corrected chi connectivity index (χ4v) is 3.71. The summed E-state index contributed by atoms with van der Waals surface area (Å²) in [5, 5.41) is 3.41. The highest BCUT2D eigenvalue weighted by atomic mass is 35.5. The fraction of sp³-hybridized carbons (Fsp3) is 0.579. The van der Waals surface area contributed by atoms with Gasteiger partial charge in [0.2, 0.25) is 11.8 Å². The molecule has 3 rings (SSSR count). The molecule has 0 atom stereocenters. The summed E-state index contributed by atoms with van der Waals surface area (Å²) in [6, 6.07) is 5.13. The van der Waals surface area contributed by atoms with Gasteiger partial charge >= 0.3 is 0 Å². The molecule has 2 aliphatic rings. The third-order valence-electron chi connectivity index (χ3n) is 5.09. The summed E-state index contributed by atoms with van der Waals surface area (Å²) >= 11 is 6.00. The van der Waals surface area contributed by atoms with Crippen molar-refractivity contribution in [3.63, 3.8) is 0 Å². The number of hydrogen-bond donors (Lipinski definition) is 1. The first-order chi connectivity index (χ1) is 13.0. The predicted molar refractivity (Wildman–Crippen MR) is 105 cm³/mol. The average Bonchev–Trinajstić information content (AvgIpc) is 3.18. The van der Waals surface area contributed by atoms with Crippen molar-refractivity contribution in [2.24, 2.45) is 0 Å². The van der Waals surface area contributed by atoms with Gasteiger partial charge in [-0.05, 0) is 31.0 Å². The van der Waals surface area contributed by atoms with E-state index in [1.165, 1.54) is 0 Å². The first-order valence-electron chi connectivity index (χ1n) is 9.41. The zero-order valence-electron chi connectivity index (χ0n) is 15.7. The molecule has 0 bridgehead atoms. The minimum atomic E-state index is -0.0999. The molecule has 0 spiro atoms. The molecule has 2 fully saturated rings. The van der Waals surface area contributed by atoms with E-state index in [0.717, 1.165) is 52.1 Å². The minimum absolute atomic E-state index is 0.0999. The molecule has 0 radical (unpaired) electrons. The van der Waals surface area contributed by atoms with Gasteiger partial charge in [0.05, 0.1) is 25.9 Å². The summed E-state index contributed by atoms with van der Waals surface area (Å²) in [5.41, 5.74) is 0.574. The van der Waals surface area contributed by atoms with Gasteiger partial charge in [-0.3, -0.25) is 19.4 Å². The van der Waals surface area contributed by atoms with Crippen LogP contribution in [0.3, 0.4) is 0 Å². The van der Waals surface area contributed by atoms with Crippen LogP contribution in [0.25, 0.3) is 0 Å². The molecule has 27 heavy (non-hydrogen) atoms. The smallest absolute Gasteiger partial charge is 0.238 e. The Kier molecular flexibility index (Phi) is 6.93. The number of hydrogen-bond acceptors (Lipinski definition) is 5. The summed E-state index contributed by atoms with van der Waals surface area (Å²) < 4.78 is 5.25. The average molecular weight is 395 g/mol. The molecule has 1 N–H and O–H groups in total. The van der Waals surface area contributed by atoms with Crippen LogP contribution in [0.4, 0.5) is 5.69 Å². The maximum atomic E-state index is 12.4. The van der Waals surface area contributed by atoms with E-state index in [9.17, 15) is 9.59 Å². The lowest BCUT2D eigenvalue weighted by molar-refractivity contribution is -0.132. The van der Waals surface area contributed by atoms with E-state index in [1.807, 2.05) is 4.90 Å². The lowest BCUT2D eigenvalue weighted by atomic mass is 10.2. The molecule has 0 aliphatic carbocycles. The second-order valence-electron chi connectivity index (χ2n) is 7.03. The van der Waals surface area contributed by atoms with Gasteiger partial charge in [0.15, 0.2) is 0 Å². The first-order valence-corrected chi connectivity index (χ1v) is 9.79. The first kappa shape index (κ1) is 19.9. The highest BCUT2D eigenvalue weighted by Gasteiger charge is 2.24. The number of piperazine rings is 1. The van der Waals surface area contributed by atoms with Gasteiger partial charge in [0.1, 0.15) is 5.75 Å². The van der Waals surface area contributed by atoms with E-state index < -0.39 is 0 Å². The van der Waals surface area contributed by atoms with Crippen LogP contribution in [0, 0.1) is 0 Å². The summed E-state index contributed by atoms with van der Waals surface area (Å²) in [6.45, 7) is 5.72. The number of carbonyl (C=O) groups excluding carboxylic acids is 2. The Morgan fingerprint density at radius 3 is 2.30 bits per heavy atom. The number of nitrogens with one attached hydrogen (secondary N) is 1. The third-order valence-corrected chi connectivity index (χ3v) is 5.32. The van der Waals surface area contributed by atoms with E-state index in [4.69, 9.17) is 16.3 Å². The molecule has 2 amide bonds. The topological polar surface area (TPSA) is 65.1 Å². The molecule has 8 heteroatoms. The van der Waals surface area contributed by atoms with E-state index in [-0.39, 0.29) is 11.8 Å². The van der Waals surface area contributed by atoms with Gasteiger partial charge in [0.25, 0.3) is 0 Å². The van der Waals surface area contributed by atoms with E-state index in [2.05, 4.69) is 15.1 Å². The Hall–Kier alpha value is -1.83. The van der Waals surface area contributed by atoms with Crippen LogP contribution < -0.4 is 10.1 Å². The highest BCUT2D eigenvalue weighted by molar-refractivity contribution is 6.31. The van der Waals surface area contributed by atoms with Gasteiger partial charge < -0.3 is 15.0 Å². The van der Waals surface area contributed by atoms with Crippen LogP contribution >= 0.6 is 11.6 Å². The maximum Gasteiger partial charge on any atom is 0.238 e. The van der Waals surface area contributed by atoms with E-state index in [0.29, 0.717) is 29.5 Å². The van der Waals surface area contributed by atoms with Gasteiger partial charge in [-0.15, -0.1) is 0 Å². The quantitative estimate of drug-likeness (QED) is 0.792. The molecule has 0 unspecified atom stereocenters. The van der Waals surface area contributed by atoms with Crippen molar-refractivity contribution in [2.75, 3.05) is 64.8 Å². The molecule has 2 heterocycles. The SMILES string of the molecule is COc1ccc(Cl)cc1NC(=O)CN1CCN(CC(=O)N2CCCC2)CC1. The molecular formula is C19H27ClN4O3. The van der Waals surface area contributed by atoms with E-state index >= 15 is 0 Å². The Bertz CT molecular complexity index is 671. The number of rotatable bonds is 6. The number of ether oxygens (including phenoxy) is 1. The van der Waals surface area contributed by atoms with Crippen molar-refractivity contribution in [1.82, 2.24) is 14.7 Å². The fourth-order valence-electron chi connectivity index (χ4n) is 3.53. The van der Waals surface area contributed by atoms with Crippen LogP contribution in [-0.2, 0) is 9.59 Å². The number of benzene rings is 1. The molecular weight excluding hydrogens is 368 g/mol. The zero-order chi connectivity index (χ0) is 19.2. The van der Waals surface area contributed by atoms with Crippen molar-refractivity contribution in [3.8, 4) is 5.75 Å². The lowest BCUT2D eigenvalue weighted by Crippen LogP contribution is -2.51. The van der Waals surface area contributed by atoms with Crippen LogP contribution in [0.5, 0.6) is 5.75 Å². The van der Waals surface area contributed by atoms with Crippen LogP contribution in [0.2, 0.25) is 5.02 Å². The number of anilines is 1. The molecule has 1 aromatic rings. The Morgan fingerprint density at radius 2 is 1.67 bits per heavy atom. The molecule has 1 aromatic carbocycles. The molecule has 2 aliphatic heterocycles. The highest BCUT2D eigenvalue weighted by Crippen LogP contribution is 2.27. The zero-order valence-corrected chi connectivity index (χ0v) is 16.5. The van der Waals surface area contributed by atoms with E-state index in [1.54, 1.807) is 25.3 Å². The normalized spacial score (nSPS) is 18.5. The van der Waals surface area contributed by atoms with Crippen LogP contribution in [0.15, 0.2) is 18.2 Å². The maximum absolute atomic E-state index is 12.4. The minimum Gasteiger partial charge on any atom is -0.495 e. The molecule has 7 nitrogen and oxygen atoms in total. The Labute approximate surface area is 165 Å². The second-order valence-corrected chi connectivity index (χ2v) is 7.47. The molecule has 2 saturated heterocycles. The number of amides is 2. The summed E-state index contributed by atoms with van der Waals surface area (Å²) in [7, 11) is 1.56. The molecule has 0 aromatic heterocycles. The Balaban J connectivity index is 1.43. The van der Waals surface area contributed by atoms with Gasteiger partial charge in [0, 0.05) is 44.3 Å². The van der Waals surface area contributed by atoms with Crippen molar-refractivity contribution < 1.29 is 14.3 Å². The predicted octanol–water partition coefficient (Wildman–Crippen LogP) is 1.53. The second kappa shape index (κ2) is 9.39. The standard InChI is InChI=1S/C19H27ClN4O3/c1-27-17-5-4-15(20)12-16(17)21-18(25)13-22-8-10-23(11-9-22)14-19(26)24-6-2-3-7-24/h4-5,12H,2-3,6-11,13-14H2,1H3,(H,21,25). The number of methoxy groups -OCH3 is 1. The number of halogens is 1. The van der Waals surface area contributed by atoms with Crippen LogP contribution in [-0.4, -0.2) is 86.0 Å². The number of nitrogens with zero attached hydrogens (tertiary/aromatic N) is 3. The van der Waals surface area contributed by atoms with Crippen molar-refractivity contribution >= 4 is 29.1 Å². The van der Waals surface area contributed by atoms with Gasteiger partial charge in [-0.2, -0.15) is 0 Å². The summed E-state index contributed by atoms with van der Waals surface area (Å²) in [4.78, 5) is 30.8. The summed E-state index contributed by atoms with van der Waals surface area (Å²) in [5.74, 6) is 0.710. The number of carbonyl (C=O) groups is 2. The lowest BCUT2D eigenvalue weighted by Gasteiger charge is -2.34. The third kappa shape index (κ3) is 5.57.